The highest BCUT2D eigenvalue weighted by Crippen LogP contribution is 2.27. The van der Waals surface area contributed by atoms with E-state index in [1.54, 1.807) is 0 Å². The van der Waals surface area contributed by atoms with Gasteiger partial charge in [-0.3, -0.25) is 4.79 Å². The molecule has 2 aromatic rings. The number of amides is 1. The summed E-state index contributed by atoms with van der Waals surface area (Å²) in [5, 5.41) is 3.04. The fraction of sp³-hybridized carbons (Fsp3) is 0.350. The molecule has 0 unspecified atom stereocenters. The van der Waals surface area contributed by atoms with Crippen LogP contribution in [0.1, 0.15) is 33.5 Å². The molecule has 0 atom stereocenters. The maximum atomic E-state index is 12.2. The van der Waals surface area contributed by atoms with Crippen molar-refractivity contribution in [2.24, 2.45) is 0 Å². The highest BCUT2D eigenvalue weighted by Gasteiger charge is 2.17. The summed E-state index contributed by atoms with van der Waals surface area (Å²) >= 11 is 0. The third kappa shape index (κ3) is 3.55. The minimum absolute atomic E-state index is 0.0318. The number of aryl methyl sites for hydroxylation is 2. The summed E-state index contributed by atoms with van der Waals surface area (Å²) in [7, 11) is 0. The summed E-state index contributed by atoms with van der Waals surface area (Å²) in [6, 6.07) is 14.6. The van der Waals surface area contributed by atoms with Crippen LogP contribution >= 0.6 is 0 Å². The van der Waals surface area contributed by atoms with Crippen molar-refractivity contribution in [1.82, 2.24) is 5.32 Å². The first-order chi connectivity index (χ1) is 11.1. The largest absolute Gasteiger partial charge is 0.371 e. The highest BCUT2D eigenvalue weighted by atomic mass is 16.1. The lowest BCUT2D eigenvalue weighted by molar-refractivity contribution is 0.0953. The van der Waals surface area contributed by atoms with Crippen LogP contribution in [0.25, 0.3) is 0 Å². The standard InChI is InChI=1S/C20H24N2O/c1-15-8-9-18(16(2)14-15)20(23)21-11-5-12-22-13-10-17-6-3-4-7-19(17)22/h3-4,6-9,14H,5,10-13H2,1-2H3,(H,21,23). The van der Waals surface area contributed by atoms with Crippen LogP contribution in [0.2, 0.25) is 0 Å². The molecule has 23 heavy (non-hydrogen) atoms. The second kappa shape index (κ2) is 6.86. The first-order valence-corrected chi connectivity index (χ1v) is 8.33. The monoisotopic (exact) mass is 308 g/mol. The Kier molecular flexibility index (Phi) is 4.65. The molecule has 3 nitrogen and oxygen atoms in total. The Labute approximate surface area is 138 Å². The Morgan fingerprint density at radius 1 is 1.17 bits per heavy atom. The van der Waals surface area contributed by atoms with E-state index in [1.807, 2.05) is 26.0 Å². The first-order valence-electron chi connectivity index (χ1n) is 8.33. The Balaban J connectivity index is 1.48. The van der Waals surface area contributed by atoms with E-state index in [2.05, 4.69) is 40.5 Å². The van der Waals surface area contributed by atoms with Gasteiger partial charge in [0.25, 0.3) is 5.91 Å². The van der Waals surface area contributed by atoms with Crippen LogP contribution in [0.3, 0.4) is 0 Å². The molecule has 1 aliphatic heterocycles. The molecular weight excluding hydrogens is 284 g/mol. The van der Waals surface area contributed by atoms with Gasteiger partial charge in [-0.05, 0) is 49.9 Å². The van der Waals surface area contributed by atoms with Crippen molar-refractivity contribution >= 4 is 11.6 Å². The molecule has 0 saturated carbocycles. The van der Waals surface area contributed by atoms with Crippen LogP contribution in [-0.4, -0.2) is 25.5 Å². The van der Waals surface area contributed by atoms with E-state index >= 15 is 0 Å². The Hall–Kier alpha value is -2.29. The van der Waals surface area contributed by atoms with Gasteiger partial charge in [0, 0.05) is 30.9 Å². The minimum atomic E-state index is 0.0318. The van der Waals surface area contributed by atoms with Crippen LogP contribution in [0.5, 0.6) is 0 Å². The number of rotatable bonds is 5. The SMILES string of the molecule is Cc1ccc(C(=O)NCCCN2CCc3ccccc32)c(C)c1. The van der Waals surface area contributed by atoms with Gasteiger partial charge in [-0.25, -0.2) is 0 Å². The molecule has 1 N–H and O–H groups in total. The molecule has 2 aromatic carbocycles. The van der Waals surface area contributed by atoms with Crippen molar-refractivity contribution in [1.29, 1.82) is 0 Å². The second-order valence-corrected chi connectivity index (χ2v) is 6.29. The topological polar surface area (TPSA) is 32.3 Å². The maximum absolute atomic E-state index is 12.2. The van der Waals surface area contributed by atoms with Crippen molar-refractivity contribution in [3.8, 4) is 0 Å². The quantitative estimate of drug-likeness (QED) is 0.858. The van der Waals surface area contributed by atoms with Gasteiger partial charge in [-0.15, -0.1) is 0 Å². The van der Waals surface area contributed by atoms with Gasteiger partial charge < -0.3 is 10.2 Å². The predicted molar refractivity (Wildman–Crippen MR) is 95.2 cm³/mol. The van der Waals surface area contributed by atoms with E-state index < -0.39 is 0 Å². The van der Waals surface area contributed by atoms with Crippen molar-refractivity contribution in [3.05, 3.63) is 64.7 Å². The van der Waals surface area contributed by atoms with E-state index in [-0.39, 0.29) is 5.91 Å². The number of para-hydroxylation sites is 1. The van der Waals surface area contributed by atoms with E-state index in [1.165, 1.54) is 16.8 Å². The van der Waals surface area contributed by atoms with Crippen molar-refractivity contribution < 1.29 is 4.79 Å². The van der Waals surface area contributed by atoms with Crippen LogP contribution in [0, 0.1) is 13.8 Å². The summed E-state index contributed by atoms with van der Waals surface area (Å²) in [6.07, 6.45) is 2.09. The number of fused-ring (bicyclic) bond motifs is 1. The fourth-order valence-corrected chi connectivity index (χ4v) is 3.27. The fourth-order valence-electron chi connectivity index (χ4n) is 3.27. The number of nitrogens with one attached hydrogen (secondary N) is 1. The zero-order valence-corrected chi connectivity index (χ0v) is 13.9. The maximum Gasteiger partial charge on any atom is 0.251 e. The second-order valence-electron chi connectivity index (χ2n) is 6.29. The van der Waals surface area contributed by atoms with Crippen LogP contribution in [0.4, 0.5) is 5.69 Å². The number of hydrogen-bond donors (Lipinski definition) is 1. The molecule has 120 valence electrons. The van der Waals surface area contributed by atoms with Crippen LogP contribution < -0.4 is 10.2 Å². The molecule has 1 amide bonds. The Bertz CT molecular complexity index is 709. The third-order valence-corrected chi connectivity index (χ3v) is 4.50. The average molecular weight is 308 g/mol. The summed E-state index contributed by atoms with van der Waals surface area (Å²) in [5.41, 5.74) is 5.80. The predicted octanol–water partition coefficient (Wildman–Crippen LogP) is 3.49. The molecule has 3 rings (SSSR count). The molecule has 0 spiro atoms. The lowest BCUT2D eigenvalue weighted by Gasteiger charge is -2.19. The number of hydrogen-bond acceptors (Lipinski definition) is 2. The number of carbonyl (C=O) groups is 1. The van der Waals surface area contributed by atoms with Gasteiger partial charge in [0.15, 0.2) is 0 Å². The van der Waals surface area contributed by atoms with Gasteiger partial charge in [-0.2, -0.15) is 0 Å². The van der Waals surface area contributed by atoms with E-state index in [0.29, 0.717) is 6.54 Å². The van der Waals surface area contributed by atoms with Crippen LogP contribution in [0.15, 0.2) is 42.5 Å². The Morgan fingerprint density at radius 3 is 2.83 bits per heavy atom. The van der Waals surface area contributed by atoms with E-state index in [0.717, 1.165) is 37.1 Å². The molecule has 1 aliphatic rings. The average Bonchev–Trinajstić information content (AvgIpc) is 2.94. The van der Waals surface area contributed by atoms with Crippen LogP contribution in [-0.2, 0) is 6.42 Å². The Morgan fingerprint density at radius 2 is 2.00 bits per heavy atom. The van der Waals surface area contributed by atoms with Gasteiger partial charge in [0.05, 0.1) is 0 Å². The van der Waals surface area contributed by atoms with E-state index in [4.69, 9.17) is 0 Å². The number of carbonyl (C=O) groups excluding carboxylic acids is 1. The van der Waals surface area contributed by atoms with Gasteiger partial charge in [-0.1, -0.05) is 35.9 Å². The number of benzene rings is 2. The van der Waals surface area contributed by atoms with Gasteiger partial charge >= 0.3 is 0 Å². The molecule has 0 aromatic heterocycles. The van der Waals surface area contributed by atoms with Crippen molar-refractivity contribution in [2.75, 3.05) is 24.5 Å². The van der Waals surface area contributed by atoms with Crippen molar-refractivity contribution in [3.63, 3.8) is 0 Å². The highest BCUT2D eigenvalue weighted by molar-refractivity contribution is 5.95. The number of anilines is 1. The zero-order chi connectivity index (χ0) is 16.2. The molecule has 0 fully saturated rings. The van der Waals surface area contributed by atoms with E-state index in [9.17, 15) is 4.79 Å². The first kappa shape index (κ1) is 15.6. The molecule has 3 heteroatoms. The molecule has 0 aliphatic carbocycles. The normalized spacial score (nSPS) is 13.0. The summed E-state index contributed by atoms with van der Waals surface area (Å²) < 4.78 is 0. The summed E-state index contributed by atoms with van der Waals surface area (Å²) in [6.45, 7) is 6.82. The van der Waals surface area contributed by atoms with Gasteiger partial charge in [0.2, 0.25) is 0 Å². The van der Waals surface area contributed by atoms with Crippen molar-refractivity contribution in [2.45, 2.75) is 26.7 Å². The summed E-state index contributed by atoms with van der Waals surface area (Å²) in [4.78, 5) is 14.7. The third-order valence-electron chi connectivity index (χ3n) is 4.50. The molecule has 0 bridgehead atoms. The molecule has 0 radical (unpaired) electrons. The van der Waals surface area contributed by atoms with Gasteiger partial charge in [0.1, 0.15) is 0 Å². The minimum Gasteiger partial charge on any atom is -0.371 e. The molecular formula is C20H24N2O. The number of nitrogens with zero attached hydrogens (tertiary/aromatic N) is 1. The zero-order valence-electron chi connectivity index (χ0n) is 13.9. The lowest BCUT2D eigenvalue weighted by atomic mass is 10.1. The summed E-state index contributed by atoms with van der Waals surface area (Å²) in [5.74, 6) is 0.0318. The lowest BCUT2D eigenvalue weighted by Crippen LogP contribution is -2.29. The molecule has 0 saturated heterocycles. The molecule has 1 heterocycles. The smallest absolute Gasteiger partial charge is 0.251 e.